The minimum absolute atomic E-state index is 0.137. The lowest BCUT2D eigenvalue weighted by Crippen LogP contribution is -2.06. The SMILES string of the molecule is Cc1cc(Cl)c(/C(Cl)=C/C=Nc2ccccc2)c(=O)o1. The summed E-state index contributed by atoms with van der Waals surface area (Å²) in [4.78, 5) is 15.9. The van der Waals surface area contributed by atoms with Crippen LogP contribution >= 0.6 is 23.2 Å². The number of nitrogens with zero attached hydrogens (tertiary/aromatic N) is 1. The summed E-state index contributed by atoms with van der Waals surface area (Å²) in [7, 11) is 0. The Labute approximate surface area is 126 Å². The van der Waals surface area contributed by atoms with Gasteiger partial charge in [0.1, 0.15) is 5.76 Å². The highest BCUT2D eigenvalue weighted by Crippen LogP contribution is 2.24. The molecule has 0 aliphatic heterocycles. The van der Waals surface area contributed by atoms with Gasteiger partial charge >= 0.3 is 5.63 Å². The molecule has 0 saturated carbocycles. The Morgan fingerprint density at radius 2 is 2.00 bits per heavy atom. The van der Waals surface area contributed by atoms with E-state index in [1.807, 2.05) is 30.3 Å². The highest BCUT2D eigenvalue weighted by molar-refractivity contribution is 6.51. The largest absolute Gasteiger partial charge is 0.428 e. The van der Waals surface area contributed by atoms with Crippen LogP contribution in [0.25, 0.3) is 5.03 Å². The number of aliphatic imine (C=N–C) groups is 1. The normalized spacial score (nSPS) is 12.1. The van der Waals surface area contributed by atoms with Crippen molar-refractivity contribution in [3.05, 3.63) is 69.2 Å². The second-order valence-electron chi connectivity index (χ2n) is 4.00. The molecule has 0 bridgehead atoms. The molecule has 0 spiro atoms. The molecule has 102 valence electrons. The predicted octanol–water partition coefficient (Wildman–Crippen LogP) is 4.58. The molecule has 2 aromatic rings. The van der Waals surface area contributed by atoms with Crippen LogP contribution in [-0.2, 0) is 0 Å². The molecule has 0 saturated heterocycles. The van der Waals surface area contributed by atoms with Gasteiger partial charge in [0.2, 0.25) is 0 Å². The first-order valence-electron chi connectivity index (χ1n) is 5.83. The van der Waals surface area contributed by atoms with Crippen molar-refractivity contribution in [3.8, 4) is 0 Å². The van der Waals surface area contributed by atoms with E-state index in [4.69, 9.17) is 27.6 Å². The van der Waals surface area contributed by atoms with E-state index in [1.54, 1.807) is 13.0 Å². The lowest BCUT2D eigenvalue weighted by atomic mass is 10.2. The quantitative estimate of drug-likeness (QED) is 0.779. The lowest BCUT2D eigenvalue weighted by molar-refractivity contribution is 0.479. The van der Waals surface area contributed by atoms with Gasteiger partial charge in [0, 0.05) is 6.21 Å². The molecule has 2 rings (SSSR count). The van der Waals surface area contributed by atoms with Gasteiger partial charge in [0.15, 0.2) is 0 Å². The Balaban J connectivity index is 2.28. The first-order chi connectivity index (χ1) is 9.58. The average molecular weight is 308 g/mol. The summed E-state index contributed by atoms with van der Waals surface area (Å²) >= 11 is 12.1. The van der Waals surface area contributed by atoms with Crippen LogP contribution in [0.5, 0.6) is 0 Å². The number of aryl methyl sites for hydroxylation is 1. The van der Waals surface area contributed by atoms with E-state index in [9.17, 15) is 4.79 Å². The standard InChI is InChI=1S/C15H11Cl2NO2/c1-10-9-13(17)14(15(19)20-10)12(16)7-8-18-11-5-3-2-4-6-11/h2-9H,1H3/b12-7-,18-8?. The van der Waals surface area contributed by atoms with Gasteiger partial charge < -0.3 is 4.42 Å². The Kier molecular flexibility index (Phi) is 4.77. The number of hydrogen-bond donors (Lipinski definition) is 0. The van der Waals surface area contributed by atoms with Gasteiger partial charge in [-0.15, -0.1) is 0 Å². The van der Waals surface area contributed by atoms with Crippen LogP contribution in [0.3, 0.4) is 0 Å². The molecule has 0 N–H and O–H groups in total. The van der Waals surface area contributed by atoms with Gasteiger partial charge in [0.25, 0.3) is 0 Å². The summed E-state index contributed by atoms with van der Waals surface area (Å²) in [6, 6.07) is 10.9. The van der Waals surface area contributed by atoms with Crippen molar-refractivity contribution >= 4 is 40.1 Å². The maximum Gasteiger partial charge on any atom is 0.346 e. The van der Waals surface area contributed by atoms with E-state index in [2.05, 4.69) is 4.99 Å². The minimum Gasteiger partial charge on any atom is -0.428 e. The number of hydrogen-bond acceptors (Lipinski definition) is 3. The van der Waals surface area contributed by atoms with Crippen molar-refractivity contribution in [3.63, 3.8) is 0 Å². The zero-order valence-electron chi connectivity index (χ0n) is 10.6. The molecule has 0 aliphatic carbocycles. The summed E-state index contributed by atoms with van der Waals surface area (Å²) < 4.78 is 4.97. The third-order valence-electron chi connectivity index (χ3n) is 2.47. The second-order valence-corrected chi connectivity index (χ2v) is 4.81. The third-order valence-corrected chi connectivity index (χ3v) is 3.08. The Morgan fingerprint density at radius 3 is 2.65 bits per heavy atom. The summed E-state index contributed by atoms with van der Waals surface area (Å²) in [6.07, 6.45) is 3.01. The van der Waals surface area contributed by atoms with Crippen molar-refractivity contribution in [2.24, 2.45) is 4.99 Å². The van der Waals surface area contributed by atoms with Crippen LogP contribution in [0.15, 0.2) is 56.7 Å². The van der Waals surface area contributed by atoms with Crippen molar-refractivity contribution in [1.82, 2.24) is 0 Å². The number of benzene rings is 1. The van der Waals surface area contributed by atoms with E-state index in [-0.39, 0.29) is 15.6 Å². The molecular formula is C15H11Cl2NO2. The third kappa shape index (κ3) is 3.59. The highest BCUT2D eigenvalue weighted by atomic mass is 35.5. The molecular weight excluding hydrogens is 297 g/mol. The maximum absolute atomic E-state index is 11.7. The van der Waals surface area contributed by atoms with Crippen LogP contribution in [0.1, 0.15) is 11.3 Å². The lowest BCUT2D eigenvalue weighted by Gasteiger charge is -2.00. The van der Waals surface area contributed by atoms with Crippen LogP contribution in [0.2, 0.25) is 5.02 Å². The number of rotatable bonds is 3. The molecule has 1 aromatic heterocycles. The summed E-state index contributed by atoms with van der Waals surface area (Å²) in [5.41, 5.74) is 0.359. The maximum atomic E-state index is 11.7. The first kappa shape index (κ1) is 14.6. The topological polar surface area (TPSA) is 42.6 Å². The molecule has 0 amide bonds. The second kappa shape index (κ2) is 6.55. The van der Waals surface area contributed by atoms with E-state index in [0.717, 1.165) is 5.69 Å². The minimum atomic E-state index is -0.565. The number of allylic oxidation sites excluding steroid dienone is 1. The molecule has 0 aliphatic rings. The Morgan fingerprint density at radius 1 is 1.30 bits per heavy atom. The van der Waals surface area contributed by atoms with E-state index in [0.29, 0.717) is 5.76 Å². The Bertz CT molecular complexity index is 718. The summed E-state index contributed by atoms with van der Waals surface area (Å²) in [6.45, 7) is 1.64. The molecule has 0 radical (unpaired) electrons. The molecule has 0 atom stereocenters. The number of halogens is 2. The molecule has 1 aromatic carbocycles. The van der Waals surface area contributed by atoms with Gasteiger partial charge in [-0.3, -0.25) is 4.99 Å². The van der Waals surface area contributed by atoms with Gasteiger partial charge in [-0.25, -0.2) is 4.79 Å². The average Bonchev–Trinajstić information content (AvgIpc) is 2.38. The molecule has 5 heteroatoms. The van der Waals surface area contributed by atoms with Crippen LogP contribution < -0.4 is 5.63 Å². The smallest absolute Gasteiger partial charge is 0.346 e. The molecule has 0 unspecified atom stereocenters. The van der Waals surface area contributed by atoms with Crippen LogP contribution in [0, 0.1) is 6.92 Å². The van der Waals surface area contributed by atoms with Crippen molar-refractivity contribution in [2.75, 3.05) is 0 Å². The van der Waals surface area contributed by atoms with Crippen LogP contribution in [-0.4, -0.2) is 6.21 Å². The number of para-hydroxylation sites is 1. The van der Waals surface area contributed by atoms with E-state index in [1.165, 1.54) is 12.3 Å². The summed E-state index contributed by atoms with van der Waals surface area (Å²) in [5.74, 6) is 0.436. The van der Waals surface area contributed by atoms with Crippen molar-refractivity contribution in [2.45, 2.75) is 6.92 Å². The predicted molar refractivity (Wildman–Crippen MR) is 83.1 cm³/mol. The molecule has 3 nitrogen and oxygen atoms in total. The monoisotopic (exact) mass is 307 g/mol. The summed E-state index contributed by atoms with van der Waals surface area (Å²) in [5, 5.41) is 0.441. The van der Waals surface area contributed by atoms with Gasteiger partial charge in [-0.05, 0) is 31.2 Å². The molecule has 1 heterocycles. The fourth-order valence-corrected chi connectivity index (χ4v) is 2.19. The fraction of sp³-hybridized carbons (Fsp3) is 0.0667. The highest BCUT2D eigenvalue weighted by Gasteiger charge is 2.11. The zero-order valence-corrected chi connectivity index (χ0v) is 12.2. The van der Waals surface area contributed by atoms with Gasteiger partial charge in [0.05, 0.1) is 21.3 Å². The van der Waals surface area contributed by atoms with Crippen LogP contribution in [0.4, 0.5) is 5.69 Å². The molecule has 0 fully saturated rings. The van der Waals surface area contributed by atoms with Gasteiger partial charge in [-0.1, -0.05) is 41.4 Å². The Hall–Kier alpha value is -1.84. The van der Waals surface area contributed by atoms with E-state index >= 15 is 0 Å². The zero-order chi connectivity index (χ0) is 14.5. The van der Waals surface area contributed by atoms with E-state index < -0.39 is 5.63 Å². The first-order valence-corrected chi connectivity index (χ1v) is 6.59. The van der Waals surface area contributed by atoms with Crippen molar-refractivity contribution < 1.29 is 4.42 Å². The van der Waals surface area contributed by atoms with Crippen molar-refractivity contribution in [1.29, 1.82) is 0 Å². The van der Waals surface area contributed by atoms with Gasteiger partial charge in [-0.2, -0.15) is 0 Å². The fourth-order valence-electron chi connectivity index (χ4n) is 1.57. The molecule has 20 heavy (non-hydrogen) atoms.